The molecule has 0 unspecified atom stereocenters. The Morgan fingerprint density at radius 2 is 2.28 bits per heavy atom. The molecule has 0 aliphatic carbocycles. The second kappa shape index (κ2) is 6.78. The fraction of sp³-hybridized carbons (Fsp3) is 0.143. The molecule has 11 nitrogen and oxygen atoms in total. The lowest BCUT2D eigenvalue weighted by molar-refractivity contribution is 0.0946. The van der Waals surface area contributed by atoms with E-state index in [0.717, 1.165) is 10.2 Å². The molecule has 1 aromatic carbocycles. The minimum absolute atomic E-state index is 0.0150. The van der Waals surface area contributed by atoms with Crippen molar-refractivity contribution in [2.45, 2.75) is 6.92 Å². The molecule has 0 saturated carbocycles. The fourth-order valence-electron chi connectivity index (χ4n) is 2.04. The quantitative estimate of drug-likeness (QED) is 0.497. The molecule has 2 heterocycles. The standard InChI is InChI=1S/C14H14N8O3/c1-8-11(22(21-17-8)13-12(15)19-25-20-13)14(23)18-16-7-9-4-3-5-10(6-9)24-2/h3-7H,1-2H3,(H2,15,19)(H,18,23)/b16-7-. The molecule has 11 heteroatoms. The number of carbonyl (C=O) groups excluding carboxylic acids is 1. The third-order valence-corrected chi connectivity index (χ3v) is 3.22. The topological polar surface area (TPSA) is 146 Å². The van der Waals surface area contributed by atoms with Crippen molar-refractivity contribution < 1.29 is 14.2 Å². The van der Waals surface area contributed by atoms with Crippen LogP contribution in [0.25, 0.3) is 5.82 Å². The molecule has 25 heavy (non-hydrogen) atoms. The van der Waals surface area contributed by atoms with Crippen LogP contribution in [0.3, 0.4) is 0 Å². The number of aromatic nitrogens is 5. The number of anilines is 1. The lowest BCUT2D eigenvalue weighted by atomic mass is 10.2. The van der Waals surface area contributed by atoms with Crippen LogP contribution >= 0.6 is 0 Å². The van der Waals surface area contributed by atoms with Gasteiger partial charge < -0.3 is 10.5 Å². The molecule has 3 rings (SSSR count). The molecular formula is C14H14N8O3. The van der Waals surface area contributed by atoms with Gasteiger partial charge in [0.1, 0.15) is 5.75 Å². The Balaban J connectivity index is 1.79. The van der Waals surface area contributed by atoms with Crippen LogP contribution in [0.4, 0.5) is 5.82 Å². The molecule has 0 spiro atoms. The number of methoxy groups -OCH3 is 1. The van der Waals surface area contributed by atoms with E-state index in [1.807, 2.05) is 12.1 Å². The highest BCUT2D eigenvalue weighted by atomic mass is 16.6. The van der Waals surface area contributed by atoms with E-state index in [1.54, 1.807) is 26.2 Å². The van der Waals surface area contributed by atoms with Crippen LogP contribution in [0.5, 0.6) is 5.75 Å². The highest BCUT2D eigenvalue weighted by Gasteiger charge is 2.22. The fourth-order valence-corrected chi connectivity index (χ4v) is 2.04. The zero-order valence-corrected chi connectivity index (χ0v) is 13.4. The average molecular weight is 342 g/mol. The van der Waals surface area contributed by atoms with Crippen molar-refractivity contribution in [1.82, 2.24) is 30.7 Å². The number of nitrogens with one attached hydrogen (secondary N) is 1. The van der Waals surface area contributed by atoms with Gasteiger partial charge in [-0.25, -0.2) is 10.1 Å². The molecule has 0 atom stereocenters. The number of nitrogens with two attached hydrogens (primary N) is 1. The first kappa shape index (κ1) is 16.1. The Kier molecular flexibility index (Phi) is 4.37. The summed E-state index contributed by atoms with van der Waals surface area (Å²) in [5.41, 5.74) is 9.27. The largest absolute Gasteiger partial charge is 0.497 e. The van der Waals surface area contributed by atoms with Gasteiger partial charge in [0.25, 0.3) is 5.91 Å². The van der Waals surface area contributed by atoms with Crippen molar-refractivity contribution in [3.8, 4) is 11.6 Å². The lowest BCUT2D eigenvalue weighted by Gasteiger charge is -2.03. The highest BCUT2D eigenvalue weighted by Crippen LogP contribution is 2.15. The summed E-state index contributed by atoms with van der Waals surface area (Å²) in [4.78, 5) is 12.4. The maximum Gasteiger partial charge on any atom is 0.292 e. The summed E-state index contributed by atoms with van der Waals surface area (Å²) in [5, 5.41) is 18.6. The molecule has 128 valence electrons. The van der Waals surface area contributed by atoms with E-state index in [1.165, 1.54) is 6.21 Å². The molecule has 0 bridgehead atoms. The van der Waals surface area contributed by atoms with Gasteiger partial charge in [-0.3, -0.25) is 4.79 Å². The van der Waals surface area contributed by atoms with Crippen LogP contribution < -0.4 is 15.9 Å². The van der Waals surface area contributed by atoms with Gasteiger partial charge in [-0.15, -0.1) is 5.10 Å². The molecule has 0 saturated heterocycles. The van der Waals surface area contributed by atoms with Gasteiger partial charge in [-0.2, -0.15) is 9.78 Å². The normalized spacial score (nSPS) is 11.0. The van der Waals surface area contributed by atoms with E-state index >= 15 is 0 Å². The van der Waals surface area contributed by atoms with Gasteiger partial charge in [0, 0.05) is 0 Å². The maximum atomic E-state index is 12.4. The second-order valence-corrected chi connectivity index (χ2v) is 4.88. The summed E-state index contributed by atoms with van der Waals surface area (Å²) in [5.74, 6) is 0.202. The van der Waals surface area contributed by atoms with Crippen molar-refractivity contribution in [2.75, 3.05) is 12.8 Å². The Morgan fingerprint density at radius 1 is 1.44 bits per heavy atom. The van der Waals surface area contributed by atoms with Crippen molar-refractivity contribution >= 4 is 17.9 Å². The van der Waals surface area contributed by atoms with Crippen molar-refractivity contribution in [1.29, 1.82) is 0 Å². The van der Waals surface area contributed by atoms with Crippen LogP contribution in [0, 0.1) is 6.92 Å². The number of hydrogen-bond donors (Lipinski definition) is 2. The number of ether oxygens (including phenoxy) is 1. The Bertz CT molecular complexity index is 930. The van der Waals surface area contributed by atoms with Crippen LogP contribution in [-0.4, -0.2) is 44.5 Å². The molecular weight excluding hydrogens is 328 g/mol. The van der Waals surface area contributed by atoms with Gasteiger partial charge in [-0.1, -0.05) is 17.3 Å². The molecule has 3 N–H and O–H groups in total. The summed E-state index contributed by atoms with van der Waals surface area (Å²) < 4.78 is 10.8. The SMILES string of the molecule is COc1cccc(/C=N\NC(=O)c2c(C)nnn2-c2nonc2N)c1. The van der Waals surface area contributed by atoms with E-state index in [2.05, 4.69) is 35.8 Å². The number of amides is 1. The van der Waals surface area contributed by atoms with Gasteiger partial charge in [0.15, 0.2) is 5.69 Å². The summed E-state index contributed by atoms with van der Waals surface area (Å²) in [6, 6.07) is 7.21. The Hall–Kier alpha value is -3.76. The average Bonchev–Trinajstić information content (AvgIpc) is 3.20. The Labute approximate surface area is 141 Å². The third kappa shape index (κ3) is 3.29. The van der Waals surface area contributed by atoms with Crippen LogP contribution in [0.15, 0.2) is 34.0 Å². The van der Waals surface area contributed by atoms with Crippen molar-refractivity contribution in [2.24, 2.45) is 5.10 Å². The van der Waals surface area contributed by atoms with Gasteiger partial charge in [0.05, 0.1) is 19.0 Å². The molecule has 0 aliphatic heterocycles. The van der Waals surface area contributed by atoms with Gasteiger partial charge >= 0.3 is 0 Å². The van der Waals surface area contributed by atoms with Gasteiger partial charge in [0.2, 0.25) is 11.6 Å². The maximum absolute atomic E-state index is 12.4. The number of hydrazone groups is 1. The van der Waals surface area contributed by atoms with Crippen LogP contribution in [0.2, 0.25) is 0 Å². The van der Waals surface area contributed by atoms with E-state index in [9.17, 15) is 4.79 Å². The zero-order valence-electron chi connectivity index (χ0n) is 13.4. The second-order valence-electron chi connectivity index (χ2n) is 4.88. The highest BCUT2D eigenvalue weighted by molar-refractivity contribution is 5.94. The molecule has 0 fully saturated rings. The number of hydrogen-bond acceptors (Lipinski definition) is 9. The Morgan fingerprint density at radius 3 is 3.00 bits per heavy atom. The zero-order chi connectivity index (χ0) is 17.8. The third-order valence-electron chi connectivity index (χ3n) is 3.22. The van der Waals surface area contributed by atoms with E-state index in [0.29, 0.717) is 11.4 Å². The number of nitrogens with zero attached hydrogens (tertiary/aromatic N) is 6. The van der Waals surface area contributed by atoms with Crippen LogP contribution in [0.1, 0.15) is 21.7 Å². The smallest absolute Gasteiger partial charge is 0.292 e. The first-order chi connectivity index (χ1) is 12.1. The summed E-state index contributed by atoms with van der Waals surface area (Å²) >= 11 is 0. The monoisotopic (exact) mass is 342 g/mol. The summed E-state index contributed by atoms with van der Waals surface area (Å²) in [7, 11) is 1.57. The predicted octanol–water partition coefficient (Wildman–Crippen LogP) is 0.313. The van der Waals surface area contributed by atoms with E-state index < -0.39 is 5.91 Å². The van der Waals surface area contributed by atoms with E-state index in [4.69, 9.17) is 10.5 Å². The first-order valence-corrected chi connectivity index (χ1v) is 7.08. The van der Waals surface area contributed by atoms with Gasteiger partial charge in [-0.05, 0) is 34.9 Å². The minimum atomic E-state index is -0.538. The molecule has 2 aromatic heterocycles. The van der Waals surface area contributed by atoms with Crippen molar-refractivity contribution in [3.63, 3.8) is 0 Å². The number of rotatable bonds is 5. The number of benzene rings is 1. The van der Waals surface area contributed by atoms with E-state index in [-0.39, 0.29) is 17.3 Å². The molecule has 0 radical (unpaired) electrons. The lowest BCUT2D eigenvalue weighted by Crippen LogP contribution is -2.22. The van der Waals surface area contributed by atoms with Crippen LogP contribution in [-0.2, 0) is 0 Å². The number of aryl methyl sites for hydroxylation is 1. The summed E-state index contributed by atoms with van der Waals surface area (Å²) in [6.07, 6.45) is 1.48. The number of carbonyl (C=O) groups is 1. The first-order valence-electron chi connectivity index (χ1n) is 7.08. The minimum Gasteiger partial charge on any atom is -0.497 e. The van der Waals surface area contributed by atoms with Crippen molar-refractivity contribution in [3.05, 3.63) is 41.2 Å². The molecule has 0 aliphatic rings. The molecule has 1 amide bonds. The summed E-state index contributed by atoms with van der Waals surface area (Å²) in [6.45, 7) is 1.62. The number of nitrogen functional groups attached to an aromatic ring is 1. The predicted molar refractivity (Wildman–Crippen MR) is 86.4 cm³/mol. The molecule has 3 aromatic rings.